The number of carbonyl (C=O) groups is 1. The maximum atomic E-state index is 12.3. The number of likely N-dealkylation sites (tertiary alicyclic amines) is 1. The van der Waals surface area contributed by atoms with Crippen molar-refractivity contribution in [1.82, 2.24) is 4.90 Å². The third kappa shape index (κ3) is 4.33. The van der Waals surface area contributed by atoms with Gasteiger partial charge in [0.2, 0.25) is 5.91 Å². The highest BCUT2D eigenvalue weighted by Gasteiger charge is 2.29. The second-order valence-electron chi connectivity index (χ2n) is 6.77. The van der Waals surface area contributed by atoms with Crippen LogP contribution in [0.15, 0.2) is 30.3 Å². The van der Waals surface area contributed by atoms with E-state index in [2.05, 4.69) is 37.3 Å². The molecule has 2 aliphatic heterocycles. The minimum atomic E-state index is 0.112. The van der Waals surface area contributed by atoms with Gasteiger partial charge < -0.3 is 14.4 Å². The molecule has 3 rings (SSSR count). The van der Waals surface area contributed by atoms with Crippen molar-refractivity contribution in [3.8, 4) is 0 Å². The first-order valence-corrected chi connectivity index (χ1v) is 8.76. The molecule has 0 aromatic heterocycles. The Labute approximate surface area is 138 Å². The molecular weight excluding hydrogens is 290 g/mol. The molecule has 0 saturated carbocycles. The van der Waals surface area contributed by atoms with E-state index in [1.165, 1.54) is 5.56 Å². The van der Waals surface area contributed by atoms with Gasteiger partial charge in [-0.25, -0.2) is 0 Å². The first-order valence-electron chi connectivity index (χ1n) is 8.76. The van der Waals surface area contributed by atoms with Crippen LogP contribution in [0.4, 0.5) is 0 Å². The van der Waals surface area contributed by atoms with E-state index in [1.54, 1.807) is 0 Å². The molecule has 23 heavy (non-hydrogen) atoms. The van der Waals surface area contributed by atoms with Crippen LogP contribution in [-0.2, 0) is 14.3 Å². The van der Waals surface area contributed by atoms with Gasteiger partial charge in [0.1, 0.15) is 6.61 Å². The summed E-state index contributed by atoms with van der Waals surface area (Å²) in [7, 11) is 0. The molecule has 2 saturated heterocycles. The number of hydrogen-bond donors (Lipinski definition) is 0. The summed E-state index contributed by atoms with van der Waals surface area (Å²) in [6.07, 6.45) is 3.37. The Kier molecular flexibility index (Phi) is 5.68. The zero-order valence-electron chi connectivity index (χ0n) is 13.9. The average Bonchev–Trinajstić information content (AvgIpc) is 3.09. The van der Waals surface area contributed by atoms with Crippen LogP contribution in [0, 0.1) is 5.92 Å². The lowest BCUT2D eigenvalue weighted by atomic mass is 9.81. The molecule has 3 atom stereocenters. The maximum Gasteiger partial charge on any atom is 0.248 e. The Morgan fingerprint density at radius 1 is 1.30 bits per heavy atom. The number of hydrogen-bond acceptors (Lipinski definition) is 3. The third-order valence-electron chi connectivity index (χ3n) is 5.04. The zero-order chi connectivity index (χ0) is 16.1. The number of rotatable bonds is 5. The Balaban J connectivity index is 1.44. The van der Waals surface area contributed by atoms with Gasteiger partial charge >= 0.3 is 0 Å². The molecule has 2 fully saturated rings. The second-order valence-corrected chi connectivity index (χ2v) is 6.77. The van der Waals surface area contributed by atoms with Gasteiger partial charge in [0.25, 0.3) is 0 Å². The summed E-state index contributed by atoms with van der Waals surface area (Å²) < 4.78 is 11.1. The zero-order valence-corrected chi connectivity index (χ0v) is 13.9. The van der Waals surface area contributed by atoms with Gasteiger partial charge in [-0.1, -0.05) is 37.3 Å². The van der Waals surface area contributed by atoms with Gasteiger partial charge in [0, 0.05) is 19.7 Å². The fraction of sp³-hybridized carbons (Fsp3) is 0.632. The van der Waals surface area contributed by atoms with E-state index in [9.17, 15) is 4.79 Å². The van der Waals surface area contributed by atoms with E-state index in [-0.39, 0.29) is 18.6 Å². The van der Waals surface area contributed by atoms with Crippen molar-refractivity contribution >= 4 is 5.91 Å². The smallest absolute Gasteiger partial charge is 0.248 e. The quantitative estimate of drug-likeness (QED) is 0.838. The molecule has 1 aromatic carbocycles. The molecule has 0 bridgehead atoms. The minimum Gasteiger partial charge on any atom is -0.376 e. The maximum absolute atomic E-state index is 12.3. The molecule has 1 amide bonds. The van der Waals surface area contributed by atoms with Crippen molar-refractivity contribution in [3.63, 3.8) is 0 Å². The Morgan fingerprint density at radius 3 is 2.83 bits per heavy atom. The standard InChI is InChI=1S/C19H27NO3/c1-15-12-20(10-9-18(15)16-6-3-2-4-7-16)19(21)14-22-13-17-8-5-11-23-17/h2-4,6-7,15,17-18H,5,8-14H2,1H3/t15-,17-,18+/m1/s1. The lowest BCUT2D eigenvalue weighted by Crippen LogP contribution is -2.44. The number of ether oxygens (including phenoxy) is 2. The van der Waals surface area contributed by atoms with Crippen molar-refractivity contribution in [2.75, 3.05) is 32.9 Å². The van der Waals surface area contributed by atoms with E-state index in [0.717, 1.165) is 39.0 Å². The van der Waals surface area contributed by atoms with E-state index in [4.69, 9.17) is 9.47 Å². The van der Waals surface area contributed by atoms with Crippen molar-refractivity contribution in [2.45, 2.75) is 38.2 Å². The molecule has 0 radical (unpaired) electrons. The molecule has 0 N–H and O–H groups in total. The predicted octanol–water partition coefficient (Wildman–Crippen LogP) is 2.83. The minimum absolute atomic E-state index is 0.112. The molecule has 2 heterocycles. The lowest BCUT2D eigenvalue weighted by molar-refractivity contribution is -0.139. The van der Waals surface area contributed by atoms with Gasteiger partial charge in [-0.05, 0) is 36.7 Å². The van der Waals surface area contributed by atoms with Gasteiger partial charge in [0.15, 0.2) is 0 Å². The van der Waals surface area contributed by atoms with Crippen LogP contribution in [0.5, 0.6) is 0 Å². The Morgan fingerprint density at radius 2 is 2.13 bits per heavy atom. The topological polar surface area (TPSA) is 38.8 Å². The fourth-order valence-corrected chi connectivity index (χ4v) is 3.71. The summed E-state index contributed by atoms with van der Waals surface area (Å²) in [4.78, 5) is 14.3. The highest BCUT2D eigenvalue weighted by Crippen LogP contribution is 2.32. The third-order valence-corrected chi connectivity index (χ3v) is 5.04. The number of carbonyl (C=O) groups excluding carboxylic acids is 1. The largest absolute Gasteiger partial charge is 0.376 e. The van der Waals surface area contributed by atoms with Crippen LogP contribution >= 0.6 is 0 Å². The Hall–Kier alpha value is -1.39. The highest BCUT2D eigenvalue weighted by molar-refractivity contribution is 5.77. The number of piperidine rings is 1. The molecule has 0 aliphatic carbocycles. The highest BCUT2D eigenvalue weighted by atomic mass is 16.5. The summed E-state index contributed by atoms with van der Waals surface area (Å²) >= 11 is 0. The second kappa shape index (κ2) is 7.93. The number of nitrogens with zero attached hydrogens (tertiary/aromatic N) is 1. The number of benzene rings is 1. The van der Waals surface area contributed by atoms with Crippen molar-refractivity contribution in [3.05, 3.63) is 35.9 Å². The lowest BCUT2D eigenvalue weighted by Gasteiger charge is -2.37. The van der Waals surface area contributed by atoms with Crippen LogP contribution in [0.3, 0.4) is 0 Å². The fourth-order valence-electron chi connectivity index (χ4n) is 3.71. The van der Waals surface area contributed by atoms with Gasteiger partial charge in [0.05, 0.1) is 12.7 Å². The molecule has 0 spiro atoms. The SMILES string of the molecule is C[C@@H]1CN(C(=O)COC[C@H]2CCCO2)CC[C@@H]1c1ccccc1. The van der Waals surface area contributed by atoms with Crippen LogP contribution in [-0.4, -0.2) is 49.8 Å². The summed E-state index contributed by atoms with van der Waals surface area (Å²) in [5.41, 5.74) is 1.39. The number of amides is 1. The normalized spacial score (nSPS) is 28.0. The monoisotopic (exact) mass is 317 g/mol. The molecule has 0 unspecified atom stereocenters. The predicted molar refractivity (Wildman–Crippen MR) is 89.3 cm³/mol. The Bertz CT molecular complexity index is 499. The summed E-state index contributed by atoms with van der Waals surface area (Å²) in [5.74, 6) is 1.14. The van der Waals surface area contributed by atoms with Gasteiger partial charge in [-0.2, -0.15) is 0 Å². The summed E-state index contributed by atoms with van der Waals surface area (Å²) in [6.45, 7) is 5.44. The van der Waals surface area contributed by atoms with Crippen LogP contribution in [0.25, 0.3) is 0 Å². The molecule has 4 nitrogen and oxygen atoms in total. The van der Waals surface area contributed by atoms with Crippen molar-refractivity contribution in [1.29, 1.82) is 0 Å². The molecule has 1 aromatic rings. The first-order chi connectivity index (χ1) is 11.2. The first kappa shape index (κ1) is 16.5. The van der Waals surface area contributed by atoms with Crippen LogP contribution in [0.2, 0.25) is 0 Å². The van der Waals surface area contributed by atoms with E-state index in [1.807, 2.05) is 4.90 Å². The average molecular weight is 317 g/mol. The van der Waals surface area contributed by atoms with E-state index >= 15 is 0 Å². The van der Waals surface area contributed by atoms with Gasteiger partial charge in [-0.15, -0.1) is 0 Å². The summed E-state index contributed by atoms with van der Waals surface area (Å²) in [6, 6.07) is 10.6. The van der Waals surface area contributed by atoms with Crippen LogP contribution < -0.4 is 0 Å². The molecule has 4 heteroatoms. The van der Waals surface area contributed by atoms with Crippen molar-refractivity contribution in [2.24, 2.45) is 5.92 Å². The van der Waals surface area contributed by atoms with E-state index < -0.39 is 0 Å². The van der Waals surface area contributed by atoms with E-state index in [0.29, 0.717) is 18.4 Å². The molecule has 2 aliphatic rings. The van der Waals surface area contributed by atoms with Gasteiger partial charge in [-0.3, -0.25) is 4.79 Å². The molecule has 126 valence electrons. The molecular formula is C19H27NO3. The van der Waals surface area contributed by atoms with Crippen molar-refractivity contribution < 1.29 is 14.3 Å². The summed E-state index contributed by atoms with van der Waals surface area (Å²) in [5, 5.41) is 0. The van der Waals surface area contributed by atoms with Crippen LogP contribution in [0.1, 0.15) is 37.7 Å².